The number of halogens is 1. The molecular weight excluding hydrogens is 290 g/mol. The van der Waals surface area contributed by atoms with Crippen molar-refractivity contribution in [3.8, 4) is 5.75 Å². The summed E-state index contributed by atoms with van der Waals surface area (Å²) in [7, 11) is 1.59. The van der Waals surface area contributed by atoms with E-state index in [4.69, 9.17) is 20.9 Å². The number of fused-ring (bicyclic) bond motifs is 4. The second-order valence-corrected chi connectivity index (χ2v) is 6.26. The third kappa shape index (κ3) is 2.15. The number of benzene rings is 1. The minimum atomic E-state index is 0.446. The molecule has 3 fully saturated rings. The topological polar surface area (TPSA) is 50.5 Å². The van der Waals surface area contributed by atoms with Crippen molar-refractivity contribution in [2.45, 2.75) is 18.9 Å². The molecule has 3 aliphatic rings. The first-order valence-corrected chi connectivity index (χ1v) is 7.75. The van der Waals surface area contributed by atoms with Crippen LogP contribution in [0.15, 0.2) is 16.7 Å². The first-order valence-electron chi connectivity index (χ1n) is 7.37. The summed E-state index contributed by atoms with van der Waals surface area (Å²) in [4.78, 5) is 2.51. The molecule has 21 heavy (non-hydrogen) atoms. The van der Waals surface area contributed by atoms with Crippen LogP contribution >= 0.6 is 11.6 Å². The molecule has 0 radical (unpaired) electrons. The number of hydrogen-bond acceptors (Lipinski definition) is 5. The van der Waals surface area contributed by atoms with Gasteiger partial charge in [-0.25, -0.2) is 0 Å². The number of piperidine rings is 3. The van der Waals surface area contributed by atoms with Crippen molar-refractivity contribution in [3.05, 3.63) is 17.2 Å². The lowest BCUT2D eigenvalue weighted by Crippen LogP contribution is -2.53. The standard InChI is InChI=1S/C15H18ClN3O2/c1-20-12-3-2-10-14(13(12)16)21-18-15(10)17-11-8-19-6-4-9(11)5-7-19/h2-3,9,11H,4-8H2,1H3,(H,17,18). The van der Waals surface area contributed by atoms with Crippen molar-refractivity contribution in [1.82, 2.24) is 10.1 Å². The van der Waals surface area contributed by atoms with E-state index >= 15 is 0 Å². The third-order valence-electron chi connectivity index (χ3n) is 4.74. The number of rotatable bonds is 3. The average molecular weight is 308 g/mol. The first-order chi connectivity index (χ1) is 10.3. The predicted octanol–water partition coefficient (Wildman–Crippen LogP) is 3.00. The van der Waals surface area contributed by atoms with Gasteiger partial charge in [0, 0.05) is 12.6 Å². The zero-order valence-corrected chi connectivity index (χ0v) is 12.7. The van der Waals surface area contributed by atoms with Crippen molar-refractivity contribution >= 4 is 28.4 Å². The summed E-state index contributed by atoms with van der Waals surface area (Å²) in [6, 6.07) is 4.24. The minimum Gasteiger partial charge on any atom is -0.495 e. The van der Waals surface area contributed by atoms with E-state index in [0.29, 0.717) is 22.4 Å². The van der Waals surface area contributed by atoms with Gasteiger partial charge in [-0.3, -0.25) is 0 Å². The maximum absolute atomic E-state index is 6.27. The number of nitrogens with one attached hydrogen (secondary N) is 1. The summed E-state index contributed by atoms with van der Waals surface area (Å²) in [6.07, 6.45) is 2.53. The van der Waals surface area contributed by atoms with Gasteiger partial charge < -0.3 is 19.5 Å². The van der Waals surface area contributed by atoms with Crippen LogP contribution in [0.4, 0.5) is 5.82 Å². The summed E-state index contributed by atoms with van der Waals surface area (Å²) in [5.74, 6) is 2.12. The summed E-state index contributed by atoms with van der Waals surface area (Å²) in [5.41, 5.74) is 0.583. The molecule has 0 saturated carbocycles. The Bertz CT molecular complexity index is 664. The molecule has 112 valence electrons. The first kappa shape index (κ1) is 13.2. The van der Waals surface area contributed by atoms with Gasteiger partial charge in [-0.1, -0.05) is 16.8 Å². The van der Waals surface area contributed by atoms with E-state index in [1.54, 1.807) is 7.11 Å². The van der Waals surface area contributed by atoms with Crippen LogP contribution in [-0.2, 0) is 0 Å². The van der Waals surface area contributed by atoms with Gasteiger partial charge in [0.15, 0.2) is 11.4 Å². The molecule has 1 atom stereocenters. The Morgan fingerprint density at radius 1 is 1.38 bits per heavy atom. The monoisotopic (exact) mass is 307 g/mol. The molecule has 2 bridgehead atoms. The maximum atomic E-state index is 6.27. The van der Waals surface area contributed by atoms with Gasteiger partial charge in [0.05, 0.1) is 12.5 Å². The van der Waals surface area contributed by atoms with E-state index in [-0.39, 0.29) is 0 Å². The molecule has 5 rings (SSSR count). The van der Waals surface area contributed by atoms with Crippen LogP contribution in [0.2, 0.25) is 5.02 Å². The van der Waals surface area contributed by atoms with Gasteiger partial charge in [0.1, 0.15) is 10.8 Å². The molecule has 1 N–H and O–H groups in total. The Balaban J connectivity index is 1.64. The predicted molar refractivity (Wildman–Crippen MR) is 82.1 cm³/mol. The maximum Gasteiger partial charge on any atom is 0.191 e. The van der Waals surface area contributed by atoms with E-state index < -0.39 is 0 Å². The van der Waals surface area contributed by atoms with Gasteiger partial charge in [-0.05, 0) is 44.0 Å². The Morgan fingerprint density at radius 3 is 2.86 bits per heavy atom. The van der Waals surface area contributed by atoms with E-state index in [1.165, 1.54) is 25.9 Å². The van der Waals surface area contributed by atoms with Crippen LogP contribution < -0.4 is 10.1 Å². The second-order valence-electron chi connectivity index (χ2n) is 5.88. The highest BCUT2D eigenvalue weighted by Crippen LogP contribution is 2.37. The molecule has 3 saturated heterocycles. The smallest absolute Gasteiger partial charge is 0.191 e. The summed E-state index contributed by atoms with van der Waals surface area (Å²) in [5, 5.41) is 9.11. The fourth-order valence-corrected chi connectivity index (χ4v) is 3.80. The molecule has 0 aliphatic carbocycles. The number of methoxy groups -OCH3 is 1. The average Bonchev–Trinajstić information content (AvgIpc) is 2.93. The van der Waals surface area contributed by atoms with E-state index in [0.717, 1.165) is 23.7 Å². The van der Waals surface area contributed by atoms with Crippen LogP contribution in [-0.4, -0.2) is 42.8 Å². The third-order valence-corrected chi connectivity index (χ3v) is 5.10. The Kier molecular flexibility index (Phi) is 3.19. The molecular formula is C15H18ClN3O2. The van der Waals surface area contributed by atoms with Gasteiger partial charge in [-0.2, -0.15) is 0 Å². The van der Waals surface area contributed by atoms with Crippen LogP contribution in [0.25, 0.3) is 11.0 Å². The lowest BCUT2D eigenvalue weighted by atomic mass is 9.84. The van der Waals surface area contributed by atoms with E-state index in [9.17, 15) is 0 Å². The number of hydrogen-bond donors (Lipinski definition) is 1. The summed E-state index contributed by atoms with van der Waals surface area (Å²) >= 11 is 6.27. The van der Waals surface area contributed by atoms with E-state index in [1.807, 2.05) is 12.1 Å². The summed E-state index contributed by atoms with van der Waals surface area (Å²) < 4.78 is 10.6. The van der Waals surface area contributed by atoms with E-state index in [2.05, 4.69) is 15.4 Å². The summed E-state index contributed by atoms with van der Waals surface area (Å²) in [6.45, 7) is 3.54. The van der Waals surface area contributed by atoms with Crippen molar-refractivity contribution in [1.29, 1.82) is 0 Å². The molecule has 4 heterocycles. The highest BCUT2D eigenvalue weighted by Gasteiger charge is 2.34. The molecule has 0 amide bonds. The largest absolute Gasteiger partial charge is 0.495 e. The van der Waals surface area contributed by atoms with Crippen molar-refractivity contribution in [3.63, 3.8) is 0 Å². The van der Waals surface area contributed by atoms with Crippen molar-refractivity contribution in [2.24, 2.45) is 5.92 Å². The second kappa shape index (κ2) is 5.07. The molecule has 1 unspecified atom stereocenters. The highest BCUT2D eigenvalue weighted by molar-refractivity contribution is 6.36. The number of ether oxygens (including phenoxy) is 1. The normalized spacial score (nSPS) is 28.0. The number of nitrogens with zero attached hydrogens (tertiary/aromatic N) is 2. The Labute approximate surface area is 128 Å². The molecule has 2 aromatic rings. The lowest BCUT2D eigenvalue weighted by Gasteiger charge is -2.44. The molecule has 3 aliphatic heterocycles. The van der Waals surface area contributed by atoms with Gasteiger partial charge in [-0.15, -0.1) is 0 Å². The van der Waals surface area contributed by atoms with Crippen LogP contribution in [0.5, 0.6) is 5.75 Å². The van der Waals surface area contributed by atoms with Gasteiger partial charge >= 0.3 is 0 Å². The Hall–Kier alpha value is -1.46. The zero-order valence-electron chi connectivity index (χ0n) is 11.9. The Morgan fingerprint density at radius 2 is 2.19 bits per heavy atom. The number of anilines is 1. The van der Waals surface area contributed by atoms with Crippen molar-refractivity contribution in [2.75, 3.05) is 32.1 Å². The molecule has 5 nitrogen and oxygen atoms in total. The molecule has 6 heteroatoms. The van der Waals surface area contributed by atoms with Crippen LogP contribution in [0, 0.1) is 5.92 Å². The minimum absolute atomic E-state index is 0.446. The molecule has 1 aromatic heterocycles. The van der Waals surface area contributed by atoms with Crippen LogP contribution in [0.3, 0.4) is 0 Å². The highest BCUT2D eigenvalue weighted by atomic mass is 35.5. The molecule has 1 aromatic carbocycles. The SMILES string of the molecule is COc1ccc2c(NC3CN4CCC3CC4)noc2c1Cl. The number of aromatic nitrogens is 1. The fourth-order valence-electron chi connectivity index (χ4n) is 3.52. The lowest BCUT2D eigenvalue weighted by molar-refractivity contribution is 0.0973. The quantitative estimate of drug-likeness (QED) is 0.944. The fraction of sp³-hybridized carbons (Fsp3) is 0.533. The van der Waals surface area contributed by atoms with Crippen molar-refractivity contribution < 1.29 is 9.26 Å². The molecule has 0 spiro atoms. The van der Waals surface area contributed by atoms with Gasteiger partial charge in [0.2, 0.25) is 0 Å². The zero-order chi connectivity index (χ0) is 14.4. The van der Waals surface area contributed by atoms with Crippen LogP contribution in [0.1, 0.15) is 12.8 Å². The van der Waals surface area contributed by atoms with Gasteiger partial charge in [0.25, 0.3) is 0 Å².